The fraction of sp³-hybridized carbons (Fsp3) is 0.625. The lowest BCUT2D eigenvalue weighted by atomic mass is 10.0. The second-order valence-corrected chi connectivity index (χ2v) is 6.77. The van der Waals surface area contributed by atoms with Crippen molar-refractivity contribution in [3.05, 3.63) is 23.3 Å². The summed E-state index contributed by atoms with van der Waals surface area (Å²) in [5.74, 6) is 0.866. The lowest BCUT2D eigenvalue weighted by molar-refractivity contribution is 0.0552. The number of amides is 2. The highest BCUT2D eigenvalue weighted by molar-refractivity contribution is 5.95. The molecule has 1 atom stereocenters. The number of likely N-dealkylation sites (tertiary alicyclic amines) is 1. The Kier molecular flexibility index (Phi) is 3.74. The molecule has 0 saturated carbocycles. The zero-order valence-electron chi connectivity index (χ0n) is 14.0. The van der Waals surface area contributed by atoms with Gasteiger partial charge in [0.05, 0.1) is 24.3 Å². The summed E-state index contributed by atoms with van der Waals surface area (Å²) in [5.41, 5.74) is 0.646. The molecule has 7 nitrogen and oxygen atoms in total. The van der Waals surface area contributed by atoms with Crippen molar-refractivity contribution in [2.45, 2.75) is 38.7 Å². The summed E-state index contributed by atoms with van der Waals surface area (Å²) >= 11 is 0. The molecule has 3 rings (SSSR count). The molecule has 1 spiro atoms. The molecule has 0 radical (unpaired) electrons. The fourth-order valence-electron chi connectivity index (χ4n) is 3.17. The Balaban J connectivity index is 1.76. The summed E-state index contributed by atoms with van der Waals surface area (Å²) in [7, 11) is 1.71. The predicted molar refractivity (Wildman–Crippen MR) is 83.2 cm³/mol. The van der Waals surface area contributed by atoms with E-state index in [4.69, 9.17) is 4.74 Å². The summed E-state index contributed by atoms with van der Waals surface area (Å²) in [6.07, 6.45) is 1.96. The Morgan fingerprint density at radius 1 is 1.39 bits per heavy atom. The molecular weight excluding hydrogens is 296 g/mol. The number of nitrogens with zero attached hydrogens (tertiary/aromatic N) is 4. The second kappa shape index (κ2) is 5.47. The Morgan fingerprint density at radius 2 is 2.13 bits per heavy atom. The van der Waals surface area contributed by atoms with Gasteiger partial charge in [0.1, 0.15) is 5.82 Å². The van der Waals surface area contributed by atoms with Crippen molar-refractivity contribution < 1.29 is 14.3 Å². The Bertz CT molecular complexity index is 661. The number of hydrogen-bond acceptors (Lipinski definition) is 5. The molecule has 2 amide bonds. The van der Waals surface area contributed by atoms with Crippen molar-refractivity contribution in [3.8, 4) is 0 Å². The van der Waals surface area contributed by atoms with Gasteiger partial charge in [0, 0.05) is 32.1 Å². The Hall–Kier alpha value is -2.18. The van der Waals surface area contributed by atoms with Crippen LogP contribution >= 0.6 is 0 Å². The highest BCUT2D eigenvalue weighted by Crippen LogP contribution is 2.32. The smallest absolute Gasteiger partial charge is 0.410 e. The first-order valence-electron chi connectivity index (χ1n) is 7.88. The minimum atomic E-state index is -0.561. The highest BCUT2D eigenvalue weighted by atomic mass is 16.6. The Labute approximate surface area is 135 Å². The number of ether oxygens (including phenoxy) is 1. The maximum Gasteiger partial charge on any atom is 0.410 e. The van der Waals surface area contributed by atoms with E-state index in [9.17, 15) is 9.59 Å². The number of hydrogen-bond donors (Lipinski definition) is 0. The van der Waals surface area contributed by atoms with Gasteiger partial charge in [-0.3, -0.25) is 4.79 Å². The number of rotatable bonds is 2. The molecule has 0 N–H and O–H groups in total. The van der Waals surface area contributed by atoms with Crippen molar-refractivity contribution in [3.63, 3.8) is 0 Å². The normalized spacial score (nSPS) is 24.0. The lowest BCUT2D eigenvalue weighted by Crippen LogP contribution is -2.39. The van der Waals surface area contributed by atoms with Crippen molar-refractivity contribution in [2.75, 3.05) is 26.7 Å². The van der Waals surface area contributed by atoms with Crippen LogP contribution < -0.4 is 0 Å². The summed E-state index contributed by atoms with van der Waals surface area (Å²) < 4.78 is 5.48. The van der Waals surface area contributed by atoms with E-state index in [0.29, 0.717) is 37.3 Å². The highest BCUT2D eigenvalue weighted by Gasteiger charge is 2.49. The summed E-state index contributed by atoms with van der Waals surface area (Å²) in [4.78, 5) is 36.4. The van der Waals surface area contributed by atoms with Crippen LogP contribution in [0.1, 0.15) is 48.1 Å². The van der Waals surface area contributed by atoms with Gasteiger partial charge in [-0.15, -0.1) is 0 Å². The predicted octanol–water partition coefficient (Wildman–Crippen LogP) is 1.58. The van der Waals surface area contributed by atoms with Crippen molar-refractivity contribution in [1.82, 2.24) is 19.8 Å². The molecule has 1 aromatic heterocycles. The zero-order chi connectivity index (χ0) is 16.8. The first-order chi connectivity index (χ1) is 10.8. The topological polar surface area (TPSA) is 75.6 Å². The van der Waals surface area contributed by atoms with Crippen molar-refractivity contribution in [2.24, 2.45) is 0 Å². The van der Waals surface area contributed by atoms with Gasteiger partial charge >= 0.3 is 6.09 Å². The first kappa shape index (κ1) is 15.7. The van der Waals surface area contributed by atoms with Crippen LogP contribution in [0.25, 0.3) is 0 Å². The fourth-order valence-corrected chi connectivity index (χ4v) is 3.17. The van der Waals surface area contributed by atoms with Gasteiger partial charge in [-0.05, 0) is 6.92 Å². The maximum atomic E-state index is 12.7. The van der Waals surface area contributed by atoms with E-state index in [2.05, 4.69) is 9.97 Å². The van der Waals surface area contributed by atoms with Gasteiger partial charge in [0.25, 0.3) is 5.91 Å². The Morgan fingerprint density at radius 3 is 2.70 bits per heavy atom. The van der Waals surface area contributed by atoms with E-state index in [0.717, 1.165) is 5.82 Å². The maximum absolute atomic E-state index is 12.7. The van der Waals surface area contributed by atoms with E-state index in [1.165, 1.54) is 0 Å². The van der Waals surface area contributed by atoms with Crippen LogP contribution in [-0.4, -0.2) is 64.1 Å². The van der Waals surface area contributed by atoms with Gasteiger partial charge in [-0.1, -0.05) is 13.8 Å². The number of carbonyl (C=O) groups excluding carboxylic acids is 2. The molecule has 1 aromatic rings. The third-order valence-electron chi connectivity index (χ3n) is 4.49. The van der Waals surface area contributed by atoms with Gasteiger partial charge in [-0.25, -0.2) is 14.8 Å². The third-order valence-corrected chi connectivity index (χ3v) is 4.49. The van der Waals surface area contributed by atoms with Gasteiger partial charge in [-0.2, -0.15) is 0 Å². The molecule has 7 heteroatoms. The minimum absolute atomic E-state index is 0.0970. The van der Waals surface area contributed by atoms with Gasteiger partial charge < -0.3 is 14.5 Å². The third kappa shape index (κ3) is 2.75. The molecule has 3 heterocycles. The van der Waals surface area contributed by atoms with Crippen LogP contribution in [0.3, 0.4) is 0 Å². The first-order valence-corrected chi connectivity index (χ1v) is 7.88. The molecule has 0 bridgehead atoms. The molecule has 124 valence electrons. The van der Waals surface area contributed by atoms with Crippen LogP contribution in [0, 0.1) is 6.92 Å². The van der Waals surface area contributed by atoms with E-state index in [1.54, 1.807) is 23.0 Å². The van der Waals surface area contributed by atoms with E-state index in [-0.39, 0.29) is 17.9 Å². The minimum Gasteiger partial charge on any atom is -0.439 e. The average molecular weight is 318 g/mol. The van der Waals surface area contributed by atoms with E-state index < -0.39 is 5.60 Å². The molecule has 0 aromatic carbocycles. The standard InChI is InChI=1S/C16H22N4O3/c1-10(2)13-17-7-12(11(3)18-13)14(21)20-6-5-16(9-20)8-19(4)15(22)23-16/h7,10H,5-6,8-9H2,1-4H3. The van der Waals surface area contributed by atoms with Crippen LogP contribution in [0.5, 0.6) is 0 Å². The van der Waals surface area contributed by atoms with E-state index >= 15 is 0 Å². The number of carbonyl (C=O) groups is 2. The van der Waals surface area contributed by atoms with Crippen molar-refractivity contribution in [1.29, 1.82) is 0 Å². The molecule has 0 aliphatic carbocycles. The van der Waals surface area contributed by atoms with Crippen LogP contribution in [0.2, 0.25) is 0 Å². The monoisotopic (exact) mass is 318 g/mol. The second-order valence-electron chi connectivity index (χ2n) is 6.77. The molecular formula is C16H22N4O3. The van der Waals surface area contributed by atoms with Crippen molar-refractivity contribution >= 4 is 12.0 Å². The van der Waals surface area contributed by atoms with Gasteiger partial charge in [0.15, 0.2) is 5.60 Å². The largest absolute Gasteiger partial charge is 0.439 e. The molecule has 23 heavy (non-hydrogen) atoms. The SMILES string of the molecule is Cc1nc(C(C)C)ncc1C(=O)N1CCC2(CN(C)C(=O)O2)C1. The number of aryl methyl sites for hydroxylation is 1. The van der Waals surface area contributed by atoms with Crippen LogP contribution in [-0.2, 0) is 4.74 Å². The molecule has 2 fully saturated rings. The quantitative estimate of drug-likeness (QED) is 0.827. The molecule has 1 unspecified atom stereocenters. The van der Waals surface area contributed by atoms with Gasteiger partial charge in [0.2, 0.25) is 0 Å². The summed E-state index contributed by atoms with van der Waals surface area (Å²) in [6.45, 7) is 7.39. The van der Waals surface area contributed by atoms with Crippen LogP contribution in [0.4, 0.5) is 4.79 Å². The zero-order valence-corrected chi connectivity index (χ0v) is 14.0. The summed E-state index contributed by atoms with van der Waals surface area (Å²) in [6, 6.07) is 0. The van der Waals surface area contributed by atoms with E-state index in [1.807, 2.05) is 20.8 Å². The lowest BCUT2D eigenvalue weighted by Gasteiger charge is -2.22. The number of aromatic nitrogens is 2. The molecule has 2 aliphatic rings. The molecule has 2 saturated heterocycles. The number of likely N-dealkylation sites (N-methyl/N-ethyl adjacent to an activating group) is 1. The average Bonchev–Trinajstić information content (AvgIpc) is 3.01. The van der Waals surface area contributed by atoms with Crippen LogP contribution in [0.15, 0.2) is 6.20 Å². The molecule has 2 aliphatic heterocycles. The summed E-state index contributed by atoms with van der Waals surface area (Å²) in [5, 5.41) is 0.